The van der Waals surface area contributed by atoms with Crippen LogP contribution in [0, 0.1) is 13.8 Å². The second kappa shape index (κ2) is 7.23. The van der Waals surface area contributed by atoms with Gasteiger partial charge in [0.25, 0.3) is 0 Å². The Balaban J connectivity index is 1.39. The van der Waals surface area contributed by atoms with E-state index >= 15 is 0 Å². The van der Waals surface area contributed by atoms with Crippen LogP contribution in [0.4, 0.5) is 0 Å². The number of piperidine rings is 1. The summed E-state index contributed by atoms with van der Waals surface area (Å²) in [5.74, 6) is 0.304. The molecule has 2 aliphatic rings. The number of aryl methyl sites for hydroxylation is 2. The first-order chi connectivity index (χ1) is 12.6. The van der Waals surface area contributed by atoms with Crippen LogP contribution in [0.3, 0.4) is 0 Å². The molecule has 1 atom stereocenters. The molecular formula is C21H28N4O. The van der Waals surface area contributed by atoms with Crippen LogP contribution in [-0.4, -0.2) is 51.2 Å². The molecule has 0 radical (unpaired) electrons. The SMILES string of the molecule is Cc1cc(C)n(C2CN(C(=O)[C@@H]3CCCCN3Cc3ccccc3)C2)n1. The molecule has 0 aliphatic carbocycles. The largest absolute Gasteiger partial charge is 0.337 e. The Kier molecular flexibility index (Phi) is 4.81. The number of hydrogen-bond acceptors (Lipinski definition) is 3. The minimum absolute atomic E-state index is 0.0327. The summed E-state index contributed by atoms with van der Waals surface area (Å²) in [7, 11) is 0. The molecule has 1 amide bonds. The molecule has 0 spiro atoms. The van der Waals surface area contributed by atoms with Crippen molar-refractivity contribution in [2.24, 2.45) is 0 Å². The van der Waals surface area contributed by atoms with Gasteiger partial charge in [0, 0.05) is 25.3 Å². The molecule has 3 heterocycles. The van der Waals surface area contributed by atoms with Gasteiger partial charge < -0.3 is 4.90 Å². The van der Waals surface area contributed by atoms with Crippen LogP contribution in [0.1, 0.15) is 42.3 Å². The van der Waals surface area contributed by atoms with E-state index in [4.69, 9.17) is 0 Å². The minimum Gasteiger partial charge on any atom is -0.337 e. The summed E-state index contributed by atoms with van der Waals surface area (Å²) in [6.07, 6.45) is 3.31. The fourth-order valence-corrected chi connectivity index (χ4v) is 4.29. The van der Waals surface area contributed by atoms with Gasteiger partial charge in [0.05, 0.1) is 17.8 Å². The lowest BCUT2D eigenvalue weighted by atomic mass is 9.97. The van der Waals surface area contributed by atoms with Crippen molar-refractivity contribution in [2.75, 3.05) is 19.6 Å². The van der Waals surface area contributed by atoms with Gasteiger partial charge in [0.1, 0.15) is 0 Å². The van der Waals surface area contributed by atoms with Crippen molar-refractivity contribution in [3.05, 3.63) is 53.3 Å². The van der Waals surface area contributed by atoms with E-state index in [1.165, 1.54) is 17.7 Å². The smallest absolute Gasteiger partial charge is 0.240 e. The number of nitrogens with zero attached hydrogens (tertiary/aromatic N) is 4. The number of carbonyl (C=O) groups excluding carboxylic acids is 1. The van der Waals surface area contributed by atoms with Crippen LogP contribution >= 0.6 is 0 Å². The number of aromatic nitrogens is 2. The number of benzene rings is 1. The average Bonchev–Trinajstić information content (AvgIpc) is 2.93. The van der Waals surface area contributed by atoms with Crippen molar-refractivity contribution in [1.29, 1.82) is 0 Å². The topological polar surface area (TPSA) is 41.4 Å². The van der Waals surface area contributed by atoms with E-state index in [0.29, 0.717) is 11.9 Å². The third-order valence-corrected chi connectivity index (χ3v) is 5.69. The molecule has 2 fully saturated rings. The van der Waals surface area contributed by atoms with Gasteiger partial charge in [-0.3, -0.25) is 14.4 Å². The van der Waals surface area contributed by atoms with Crippen molar-refractivity contribution < 1.29 is 4.79 Å². The number of hydrogen-bond donors (Lipinski definition) is 0. The Morgan fingerprint density at radius 2 is 1.92 bits per heavy atom. The molecule has 0 bridgehead atoms. The zero-order valence-corrected chi connectivity index (χ0v) is 15.8. The van der Waals surface area contributed by atoms with Gasteiger partial charge in [-0.15, -0.1) is 0 Å². The maximum absolute atomic E-state index is 13.1. The fraction of sp³-hybridized carbons (Fsp3) is 0.524. The molecular weight excluding hydrogens is 324 g/mol. The highest BCUT2D eigenvalue weighted by atomic mass is 16.2. The van der Waals surface area contributed by atoms with Crippen LogP contribution in [0.15, 0.2) is 36.4 Å². The molecule has 5 nitrogen and oxygen atoms in total. The quantitative estimate of drug-likeness (QED) is 0.849. The third-order valence-electron chi connectivity index (χ3n) is 5.69. The van der Waals surface area contributed by atoms with Crippen molar-refractivity contribution in [3.8, 4) is 0 Å². The van der Waals surface area contributed by atoms with Crippen molar-refractivity contribution >= 4 is 5.91 Å². The standard InChI is InChI=1S/C21H28N4O/c1-16-12-17(2)25(22-16)19-14-24(15-19)21(26)20-10-6-7-11-23(20)13-18-8-4-3-5-9-18/h3-5,8-9,12,19-20H,6-7,10-11,13-15H2,1-2H3/t20-/m0/s1. The molecule has 2 aliphatic heterocycles. The first-order valence-corrected chi connectivity index (χ1v) is 9.71. The zero-order valence-electron chi connectivity index (χ0n) is 15.8. The predicted octanol–water partition coefficient (Wildman–Crippen LogP) is 2.94. The Morgan fingerprint density at radius 1 is 1.15 bits per heavy atom. The highest BCUT2D eigenvalue weighted by Crippen LogP contribution is 2.27. The van der Waals surface area contributed by atoms with Gasteiger partial charge in [-0.25, -0.2) is 0 Å². The molecule has 1 aromatic carbocycles. The second-order valence-corrected chi connectivity index (χ2v) is 7.74. The van der Waals surface area contributed by atoms with E-state index in [0.717, 1.165) is 44.7 Å². The molecule has 138 valence electrons. The average molecular weight is 352 g/mol. The minimum atomic E-state index is 0.0327. The van der Waals surface area contributed by atoms with E-state index in [1.807, 2.05) is 17.9 Å². The zero-order chi connectivity index (χ0) is 18.1. The summed E-state index contributed by atoms with van der Waals surface area (Å²) in [6.45, 7) is 7.57. The van der Waals surface area contributed by atoms with Crippen LogP contribution < -0.4 is 0 Å². The molecule has 2 saturated heterocycles. The molecule has 5 heteroatoms. The van der Waals surface area contributed by atoms with Gasteiger partial charge in [0.2, 0.25) is 5.91 Å². The lowest BCUT2D eigenvalue weighted by Gasteiger charge is -2.44. The number of rotatable bonds is 4. The summed E-state index contributed by atoms with van der Waals surface area (Å²) in [5, 5.41) is 4.58. The van der Waals surface area contributed by atoms with Gasteiger partial charge in [0.15, 0.2) is 0 Å². The normalized spacial score (nSPS) is 21.6. The molecule has 26 heavy (non-hydrogen) atoms. The van der Waals surface area contributed by atoms with Gasteiger partial charge in [-0.1, -0.05) is 36.8 Å². The Bertz CT molecular complexity index is 764. The Hall–Kier alpha value is -2.14. The molecule has 0 saturated carbocycles. The highest BCUT2D eigenvalue weighted by Gasteiger charge is 2.39. The molecule has 0 N–H and O–H groups in total. The van der Waals surface area contributed by atoms with E-state index < -0.39 is 0 Å². The number of likely N-dealkylation sites (tertiary alicyclic amines) is 2. The number of carbonyl (C=O) groups is 1. The Morgan fingerprint density at radius 3 is 2.62 bits per heavy atom. The fourth-order valence-electron chi connectivity index (χ4n) is 4.29. The second-order valence-electron chi connectivity index (χ2n) is 7.74. The maximum Gasteiger partial charge on any atom is 0.240 e. The van der Waals surface area contributed by atoms with Gasteiger partial charge in [-0.2, -0.15) is 5.10 Å². The first kappa shape index (κ1) is 17.3. The summed E-state index contributed by atoms with van der Waals surface area (Å²) < 4.78 is 2.09. The maximum atomic E-state index is 13.1. The lowest BCUT2D eigenvalue weighted by molar-refractivity contribution is -0.144. The molecule has 4 rings (SSSR count). The molecule has 2 aromatic rings. The van der Waals surface area contributed by atoms with E-state index in [-0.39, 0.29) is 6.04 Å². The van der Waals surface area contributed by atoms with Crippen LogP contribution in [0.2, 0.25) is 0 Å². The highest BCUT2D eigenvalue weighted by molar-refractivity contribution is 5.82. The van der Waals surface area contributed by atoms with E-state index in [1.54, 1.807) is 0 Å². The first-order valence-electron chi connectivity index (χ1n) is 9.71. The van der Waals surface area contributed by atoms with Gasteiger partial charge in [-0.05, 0) is 44.9 Å². The summed E-state index contributed by atoms with van der Waals surface area (Å²) in [4.78, 5) is 17.5. The van der Waals surface area contributed by atoms with E-state index in [9.17, 15) is 4.79 Å². The summed E-state index contributed by atoms with van der Waals surface area (Å²) in [6, 6.07) is 13.0. The van der Waals surface area contributed by atoms with Crippen molar-refractivity contribution in [1.82, 2.24) is 19.6 Å². The van der Waals surface area contributed by atoms with E-state index in [2.05, 4.69) is 51.9 Å². The number of amides is 1. The predicted molar refractivity (Wildman–Crippen MR) is 102 cm³/mol. The molecule has 1 aromatic heterocycles. The van der Waals surface area contributed by atoms with Crippen molar-refractivity contribution in [3.63, 3.8) is 0 Å². The van der Waals surface area contributed by atoms with Gasteiger partial charge >= 0.3 is 0 Å². The monoisotopic (exact) mass is 352 g/mol. The third kappa shape index (κ3) is 3.40. The van der Waals surface area contributed by atoms with Crippen LogP contribution in [0.25, 0.3) is 0 Å². The summed E-state index contributed by atoms with van der Waals surface area (Å²) in [5.41, 5.74) is 3.52. The van der Waals surface area contributed by atoms with Crippen LogP contribution in [-0.2, 0) is 11.3 Å². The lowest BCUT2D eigenvalue weighted by Crippen LogP contribution is -2.58. The van der Waals surface area contributed by atoms with Crippen molar-refractivity contribution in [2.45, 2.75) is 51.7 Å². The summed E-state index contributed by atoms with van der Waals surface area (Å²) >= 11 is 0. The Labute approximate surface area is 155 Å². The molecule has 0 unspecified atom stereocenters. The van der Waals surface area contributed by atoms with Crippen LogP contribution in [0.5, 0.6) is 0 Å².